The standard InChI is InChI=1S/C22H44O5/c1-4-6-8-10-11-13-15-18(14-12-9-7-5-2)16-26-22-21(25)20(24)19(23)17(3)27-22/h17-25H,4-16H2,1-3H3/t17-,18?,19+,20+,21-,22+/m1/s1. The van der Waals surface area contributed by atoms with E-state index in [-0.39, 0.29) is 0 Å². The lowest BCUT2D eigenvalue weighted by molar-refractivity contribution is -0.295. The van der Waals surface area contributed by atoms with E-state index in [1.54, 1.807) is 6.92 Å². The van der Waals surface area contributed by atoms with E-state index in [0.29, 0.717) is 12.5 Å². The van der Waals surface area contributed by atoms with Crippen LogP contribution in [0.2, 0.25) is 0 Å². The fourth-order valence-corrected chi connectivity index (χ4v) is 3.77. The number of unbranched alkanes of at least 4 members (excludes halogenated alkanes) is 8. The molecule has 0 saturated carbocycles. The maximum atomic E-state index is 10.1. The highest BCUT2D eigenvalue weighted by Crippen LogP contribution is 2.25. The maximum absolute atomic E-state index is 10.1. The van der Waals surface area contributed by atoms with Crippen LogP contribution in [-0.2, 0) is 9.47 Å². The van der Waals surface area contributed by atoms with E-state index in [1.807, 2.05) is 0 Å². The summed E-state index contributed by atoms with van der Waals surface area (Å²) < 4.78 is 11.4. The van der Waals surface area contributed by atoms with Gasteiger partial charge in [-0.1, -0.05) is 78.1 Å². The summed E-state index contributed by atoms with van der Waals surface area (Å²) in [5, 5.41) is 29.9. The van der Waals surface area contributed by atoms with Crippen molar-refractivity contribution in [2.45, 2.75) is 129 Å². The SMILES string of the molecule is CCCCCCCCC(CCCCCC)CO[C@H]1O[C@H](C)[C@H](O)[C@H](O)[C@H]1O. The van der Waals surface area contributed by atoms with E-state index in [9.17, 15) is 15.3 Å². The van der Waals surface area contributed by atoms with Crippen LogP contribution in [0.25, 0.3) is 0 Å². The molecule has 1 aliphatic rings. The Morgan fingerprint density at radius 1 is 0.741 bits per heavy atom. The molecule has 1 unspecified atom stereocenters. The lowest BCUT2D eigenvalue weighted by atomic mass is 9.94. The van der Waals surface area contributed by atoms with Gasteiger partial charge in [0.1, 0.15) is 18.3 Å². The van der Waals surface area contributed by atoms with Crippen LogP contribution in [0.1, 0.15) is 97.8 Å². The molecular weight excluding hydrogens is 344 g/mol. The Balaban J connectivity index is 2.39. The molecule has 0 aromatic heterocycles. The normalized spacial score (nSPS) is 29.8. The summed E-state index contributed by atoms with van der Waals surface area (Å²) in [7, 11) is 0. The molecule has 6 atom stereocenters. The predicted octanol–water partition coefficient (Wildman–Crippen LogP) is 4.17. The second-order valence-corrected chi connectivity index (χ2v) is 8.29. The van der Waals surface area contributed by atoms with Crippen molar-refractivity contribution in [3.8, 4) is 0 Å². The highest BCUT2D eigenvalue weighted by atomic mass is 16.7. The van der Waals surface area contributed by atoms with Crippen LogP contribution < -0.4 is 0 Å². The van der Waals surface area contributed by atoms with Gasteiger partial charge in [0.2, 0.25) is 0 Å². The second-order valence-electron chi connectivity index (χ2n) is 8.29. The highest BCUT2D eigenvalue weighted by molar-refractivity contribution is 4.87. The van der Waals surface area contributed by atoms with Crippen molar-refractivity contribution < 1.29 is 24.8 Å². The third-order valence-corrected chi connectivity index (χ3v) is 5.74. The molecule has 5 heteroatoms. The average molecular weight is 389 g/mol. The first-order valence-corrected chi connectivity index (χ1v) is 11.3. The van der Waals surface area contributed by atoms with E-state index in [1.165, 1.54) is 64.2 Å². The topological polar surface area (TPSA) is 79.2 Å². The quantitative estimate of drug-likeness (QED) is 0.367. The molecule has 1 aliphatic heterocycles. The van der Waals surface area contributed by atoms with Crippen LogP contribution in [0.4, 0.5) is 0 Å². The summed E-state index contributed by atoms with van der Waals surface area (Å²) in [5.74, 6) is 0.461. The van der Waals surface area contributed by atoms with Gasteiger partial charge in [0, 0.05) is 0 Å². The number of hydrogen-bond acceptors (Lipinski definition) is 5. The van der Waals surface area contributed by atoms with Crippen LogP contribution in [0.3, 0.4) is 0 Å². The highest BCUT2D eigenvalue weighted by Gasteiger charge is 2.42. The molecule has 0 aromatic rings. The molecule has 0 aliphatic carbocycles. The first-order valence-electron chi connectivity index (χ1n) is 11.3. The van der Waals surface area contributed by atoms with Crippen molar-refractivity contribution in [2.24, 2.45) is 5.92 Å². The van der Waals surface area contributed by atoms with Gasteiger partial charge in [-0.25, -0.2) is 0 Å². The zero-order chi connectivity index (χ0) is 20.1. The minimum absolute atomic E-state index is 0.461. The van der Waals surface area contributed by atoms with Gasteiger partial charge in [0.05, 0.1) is 12.7 Å². The fraction of sp³-hybridized carbons (Fsp3) is 1.00. The number of ether oxygens (including phenoxy) is 2. The van der Waals surface area contributed by atoms with Gasteiger partial charge in [0.15, 0.2) is 6.29 Å². The number of hydrogen-bond donors (Lipinski definition) is 3. The van der Waals surface area contributed by atoms with Crippen LogP contribution in [0.5, 0.6) is 0 Å². The summed E-state index contributed by atoms with van der Waals surface area (Å²) in [6, 6.07) is 0. The molecule has 1 heterocycles. The van der Waals surface area contributed by atoms with E-state index in [2.05, 4.69) is 13.8 Å². The molecular formula is C22H44O5. The van der Waals surface area contributed by atoms with Gasteiger partial charge in [-0.2, -0.15) is 0 Å². The average Bonchev–Trinajstić information content (AvgIpc) is 2.67. The largest absolute Gasteiger partial charge is 0.388 e. The third-order valence-electron chi connectivity index (χ3n) is 5.74. The van der Waals surface area contributed by atoms with E-state index in [4.69, 9.17) is 9.47 Å². The first kappa shape index (κ1) is 24.8. The molecule has 0 aromatic carbocycles. The van der Waals surface area contributed by atoms with Crippen LogP contribution in [0.15, 0.2) is 0 Å². The Kier molecular flexibility index (Phi) is 13.6. The van der Waals surface area contributed by atoms with E-state index in [0.717, 1.165) is 12.8 Å². The van der Waals surface area contributed by atoms with Gasteiger partial charge in [-0.15, -0.1) is 0 Å². The summed E-state index contributed by atoms with van der Waals surface area (Å²) in [5.41, 5.74) is 0. The van der Waals surface area contributed by atoms with Crippen molar-refractivity contribution >= 4 is 0 Å². The molecule has 3 N–H and O–H groups in total. The van der Waals surface area contributed by atoms with Crippen molar-refractivity contribution in [3.05, 3.63) is 0 Å². The van der Waals surface area contributed by atoms with Crippen LogP contribution >= 0.6 is 0 Å². The van der Waals surface area contributed by atoms with Crippen molar-refractivity contribution in [1.82, 2.24) is 0 Å². The van der Waals surface area contributed by atoms with Crippen LogP contribution in [-0.4, -0.2) is 52.6 Å². The van der Waals surface area contributed by atoms with Gasteiger partial charge in [0.25, 0.3) is 0 Å². The van der Waals surface area contributed by atoms with Crippen molar-refractivity contribution in [3.63, 3.8) is 0 Å². The molecule has 0 bridgehead atoms. The smallest absolute Gasteiger partial charge is 0.186 e. The zero-order valence-corrected chi connectivity index (χ0v) is 17.8. The molecule has 1 fully saturated rings. The van der Waals surface area contributed by atoms with Gasteiger partial charge in [-0.05, 0) is 25.7 Å². The minimum Gasteiger partial charge on any atom is -0.388 e. The van der Waals surface area contributed by atoms with Crippen LogP contribution in [0, 0.1) is 5.92 Å². The van der Waals surface area contributed by atoms with Crippen molar-refractivity contribution in [1.29, 1.82) is 0 Å². The molecule has 0 spiro atoms. The van der Waals surface area contributed by atoms with Gasteiger partial charge in [-0.3, -0.25) is 0 Å². The van der Waals surface area contributed by atoms with Gasteiger partial charge < -0.3 is 24.8 Å². The molecule has 0 radical (unpaired) electrons. The molecule has 1 saturated heterocycles. The van der Waals surface area contributed by atoms with E-state index < -0.39 is 30.7 Å². The minimum atomic E-state index is -1.22. The summed E-state index contributed by atoms with van der Waals surface area (Å²) in [6.45, 7) is 6.69. The Morgan fingerprint density at radius 2 is 1.26 bits per heavy atom. The molecule has 162 valence electrons. The lowest BCUT2D eigenvalue weighted by Crippen LogP contribution is -2.57. The van der Waals surface area contributed by atoms with Crippen molar-refractivity contribution in [2.75, 3.05) is 6.61 Å². The van der Waals surface area contributed by atoms with Gasteiger partial charge >= 0.3 is 0 Å². The predicted molar refractivity (Wildman–Crippen MR) is 109 cm³/mol. The number of aliphatic hydroxyl groups is 3. The zero-order valence-electron chi connectivity index (χ0n) is 17.8. The Hall–Kier alpha value is -0.200. The fourth-order valence-electron chi connectivity index (χ4n) is 3.77. The molecule has 1 rings (SSSR count). The Bertz CT molecular complexity index is 352. The molecule has 0 amide bonds. The Morgan fingerprint density at radius 3 is 1.85 bits per heavy atom. The third kappa shape index (κ3) is 9.71. The first-order chi connectivity index (χ1) is 13.0. The Labute approximate surface area is 166 Å². The number of aliphatic hydroxyl groups excluding tert-OH is 3. The molecule has 5 nitrogen and oxygen atoms in total. The number of rotatable bonds is 15. The second kappa shape index (κ2) is 14.7. The summed E-state index contributed by atoms with van der Waals surface area (Å²) in [6.07, 6.45) is 10.1. The maximum Gasteiger partial charge on any atom is 0.186 e. The molecule has 27 heavy (non-hydrogen) atoms. The lowest BCUT2D eigenvalue weighted by Gasteiger charge is -2.39. The summed E-state index contributed by atoms with van der Waals surface area (Å²) in [4.78, 5) is 0. The van der Waals surface area contributed by atoms with E-state index >= 15 is 0 Å². The summed E-state index contributed by atoms with van der Waals surface area (Å²) >= 11 is 0. The monoisotopic (exact) mass is 388 g/mol.